The molecular formula is C20H16F3N7O3. The summed E-state index contributed by atoms with van der Waals surface area (Å²) in [4.78, 5) is 24.1. The summed E-state index contributed by atoms with van der Waals surface area (Å²) in [6.07, 6.45) is -1.77. The Balaban J connectivity index is 1.20. The number of piperazine rings is 1. The Labute approximate surface area is 184 Å². The maximum absolute atomic E-state index is 12.8. The second-order valence-electron chi connectivity index (χ2n) is 7.25. The van der Waals surface area contributed by atoms with E-state index in [2.05, 4.69) is 29.8 Å². The lowest BCUT2D eigenvalue weighted by molar-refractivity contribution is -0.159. The second kappa shape index (κ2) is 8.07. The Kier molecular flexibility index (Phi) is 5.07. The molecule has 0 bridgehead atoms. The molecule has 5 heterocycles. The highest BCUT2D eigenvalue weighted by atomic mass is 19.4. The number of aromatic nitrogens is 5. The van der Waals surface area contributed by atoms with Gasteiger partial charge in [0.15, 0.2) is 11.5 Å². The molecule has 4 aromatic rings. The van der Waals surface area contributed by atoms with Gasteiger partial charge in [-0.25, -0.2) is 4.98 Å². The maximum atomic E-state index is 12.8. The summed E-state index contributed by atoms with van der Waals surface area (Å²) >= 11 is 0. The van der Waals surface area contributed by atoms with Crippen molar-refractivity contribution in [3.05, 3.63) is 54.4 Å². The zero-order valence-electron chi connectivity index (χ0n) is 16.9. The van der Waals surface area contributed by atoms with Gasteiger partial charge < -0.3 is 18.7 Å². The number of nitrogens with one attached hydrogen (secondary N) is 1. The van der Waals surface area contributed by atoms with Gasteiger partial charge in [-0.15, -0.1) is 0 Å². The molecule has 1 fully saturated rings. The van der Waals surface area contributed by atoms with E-state index in [4.69, 9.17) is 4.42 Å². The van der Waals surface area contributed by atoms with Crippen molar-refractivity contribution in [1.29, 1.82) is 0 Å². The number of H-pyrrole nitrogens is 1. The average Bonchev–Trinajstić information content (AvgIpc) is 3.59. The van der Waals surface area contributed by atoms with Crippen molar-refractivity contribution in [3.8, 4) is 22.8 Å². The summed E-state index contributed by atoms with van der Waals surface area (Å²) in [5, 5.41) is 10.2. The minimum Gasteiger partial charge on any atom is -0.463 e. The van der Waals surface area contributed by atoms with E-state index in [1.165, 1.54) is 6.20 Å². The van der Waals surface area contributed by atoms with Gasteiger partial charge in [0, 0.05) is 44.0 Å². The van der Waals surface area contributed by atoms with E-state index in [0.717, 1.165) is 0 Å². The molecule has 1 N–H and O–H groups in total. The fourth-order valence-corrected chi connectivity index (χ4v) is 3.45. The topological polar surface area (TPSA) is 117 Å². The molecule has 5 rings (SSSR count). The number of aromatic amines is 1. The van der Waals surface area contributed by atoms with Gasteiger partial charge in [0.05, 0.1) is 6.26 Å². The standard InChI is InChI=1S/C20H16F3N7O3/c21-20(22,23)19-25-17(28-33-19)12-3-4-16(24-11-12)29-5-7-30(8-6-29)18(31)14-10-13(26-27-14)15-2-1-9-32-15/h1-4,9-11H,5-8H2,(H,26,27). The largest absolute Gasteiger partial charge is 0.471 e. The first-order valence-electron chi connectivity index (χ1n) is 9.89. The van der Waals surface area contributed by atoms with Crippen molar-refractivity contribution in [2.45, 2.75) is 6.18 Å². The number of nitrogens with zero attached hydrogens (tertiary/aromatic N) is 6. The highest BCUT2D eigenvalue weighted by molar-refractivity contribution is 5.93. The highest BCUT2D eigenvalue weighted by Crippen LogP contribution is 2.29. The molecule has 10 nitrogen and oxygen atoms in total. The number of alkyl halides is 3. The number of pyridine rings is 1. The lowest BCUT2D eigenvalue weighted by atomic mass is 10.2. The minimum atomic E-state index is -4.70. The molecule has 1 aliphatic heterocycles. The Bertz CT molecular complexity index is 1240. The third-order valence-electron chi connectivity index (χ3n) is 5.15. The zero-order chi connectivity index (χ0) is 23.0. The number of carbonyl (C=O) groups excluding carboxylic acids is 1. The van der Waals surface area contributed by atoms with E-state index in [0.29, 0.717) is 54.7 Å². The Morgan fingerprint density at radius 1 is 1.12 bits per heavy atom. The number of carbonyl (C=O) groups is 1. The molecule has 0 radical (unpaired) electrons. The van der Waals surface area contributed by atoms with Crippen LogP contribution < -0.4 is 4.90 Å². The molecule has 0 atom stereocenters. The third kappa shape index (κ3) is 4.16. The van der Waals surface area contributed by atoms with Gasteiger partial charge in [-0.05, 0) is 24.3 Å². The van der Waals surface area contributed by atoms with E-state index in [1.54, 1.807) is 41.5 Å². The third-order valence-corrected chi connectivity index (χ3v) is 5.15. The summed E-state index contributed by atoms with van der Waals surface area (Å²) in [6, 6.07) is 8.41. The average molecular weight is 459 g/mol. The van der Waals surface area contributed by atoms with Crippen LogP contribution in [0.2, 0.25) is 0 Å². The number of halogens is 3. The van der Waals surface area contributed by atoms with Gasteiger partial charge in [-0.3, -0.25) is 9.89 Å². The molecule has 0 aromatic carbocycles. The van der Waals surface area contributed by atoms with Crippen LogP contribution in [0.5, 0.6) is 0 Å². The molecule has 33 heavy (non-hydrogen) atoms. The summed E-state index contributed by atoms with van der Waals surface area (Å²) in [6.45, 7) is 2.00. The Morgan fingerprint density at radius 3 is 2.58 bits per heavy atom. The van der Waals surface area contributed by atoms with Gasteiger partial charge in [-0.1, -0.05) is 5.16 Å². The van der Waals surface area contributed by atoms with Crippen molar-refractivity contribution >= 4 is 11.7 Å². The lowest BCUT2D eigenvalue weighted by Crippen LogP contribution is -2.49. The molecule has 0 saturated carbocycles. The first kappa shape index (κ1) is 20.7. The summed E-state index contributed by atoms with van der Waals surface area (Å²) < 4.78 is 47.4. The normalized spacial score (nSPS) is 14.6. The monoisotopic (exact) mass is 459 g/mol. The molecular weight excluding hydrogens is 443 g/mol. The first-order valence-corrected chi connectivity index (χ1v) is 9.89. The van der Waals surface area contributed by atoms with Crippen LogP contribution in [0.1, 0.15) is 16.4 Å². The molecule has 0 aliphatic carbocycles. The predicted molar refractivity (Wildman–Crippen MR) is 107 cm³/mol. The van der Waals surface area contributed by atoms with Crippen LogP contribution in [0.3, 0.4) is 0 Å². The number of hydrogen-bond acceptors (Lipinski definition) is 8. The molecule has 4 aromatic heterocycles. The number of anilines is 1. The van der Waals surface area contributed by atoms with Crippen LogP contribution in [0.4, 0.5) is 19.0 Å². The molecule has 1 aliphatic rings. The van der Waals surface area contributed by atoms with Crippen LogP contribution in [0, 0.1) is 0 Å². The van der Waals surface area contributed by atoms with Crippen molar-refractivity contribution in [2.24, 2.45) is 0 Å². The Morgan fingerprint density at radius 2 is 1.94 bits per heavy atom. The second-order valence-corrected chi connectivity index (χ2v) is 7.25. The van der Waals surface area contributed by atoms with Crippen LogP contribution in [0.25, 0.3) is 22.8 Å². The first-order chi connectivity index (χ1) is 15.9. The number of rotatable bonds is 4. The lowest BCUT2D eigenvalue weighted by Gasteiger charge is -2.35. The van der Waals surface area contributed by atoms with E-state index in [9.17, 15) is 18.0 Å². The molecule has 13 heteroatoms. The van der Waals surface area contributed by atoms with Gasteiger partial charge in [0.25, 0.3) is 5.91 Å². The summed E-state index contributed by atoms with van der Waals surface area (Å²) in [5.74, 6) is -0.563. The van der Waals surface area contributed by atoms with E-state index in [1.807, 2.05) is 4.90 Å². The quantitative estimate of drug-likeness (QED) is 0.495. The molecule has 170 valence electrons. The maximum Gasteiger partial charge on any atom is 0.471 e. The fourth-order valence-electron chi connectivity index (χ4n) is 3.45. The van der Waals surface area contributed by atoms with Crippen molar-refractivity contribution < 1.29 is 26.9 Å². The van der Waals surface area contributed by atoms with Crippen LogP contribution in [-0.4, -0.2) is 62.3 Å². The molecule has 0 spiro atoms. The number of amides is 1. The van der Waals surface area contributed by atoms with Crippen LogP contribution in [0.15, 0.2) is 51.7 Å². The summed E-state index contributed by atoms with van der Waals surface area (Å²) in [5.41, 5.74) is 1.23. The molecule has 0 unspecified atom stereocenters. The smallest absolute Gasteiger partial charge is 0.463 e. The Hall–Kier alpha value is -4.16. The van der Waals surface area contributed by atoms with Crippen LogP contribution in [-0.2, 0) is 6.18 Å². The highest BCUT2D eigenvalue weighted by Gasteiger charge is 2.38. The number of furan rings is 1. The molecule has 1 saturated heterocycles. The van der Waals surface area contributed by atoms with Crippen molar-refractivity contribution in [3.63, 3.8) is 0 Å². The minimum absolute atomic E-state index is 0.190. The van der Waals surface area contributed by atoms with Crippen LogP contribution >= 0.6 is 0 Å². The molecule has 1 amide bonds. The zero-order valence-corrected chi connectivity index (χ0v) is 16.9. The van der Waals surface area contributed by atoms with E-state index in [-0.39, 0.29) is 11.7 Å². The van der Waals surface area contributed by atoms with Gasteiger partial charge in [-0.2, -0.15) is 23.3 Å². The van der Waals surface area contributed by atoms with E-state index < -0.39 is 12.1 Å². The van der Waals surface area contributed by atoms with Gasteiger partial charge >= 0.3 is 12.1 Å². The van der Waals surface area contributed by atoms with E-state index >= 15 is 0 Å². The van der Waals surface area contributed by atoms with Gasteiger partial charge in [0.2, 0.25) is 5.82 Å². The predicted octanol–water partition coefficient (Wildman–Crippen LogP) is 3.10. The van der Waals surface area contributed by atoms with Crippen molar-refractivity contribution in [2.75, 3.05) is 31.1 Å². The fraction of sp³-hybridized carbons (Fsp3) is 0.250. The SMILES string of the molecule is O=C(c1cc(-c2ccco2)[nH]n1)N1CCN(c2ccc(-c3noc(C(F)(F)F)n3)cn2)CC1. The van der Waals surface area contributed by atoms with Gasteiger partial charge in [0.1, 0.15) is 11.5 Å². The van der Waals surface area contributed by atoms with Crippen molar-refractivity contribution in [1.82, 2.24) is 30.2 Å². The summed E-state index contributed by atoms with van der Waals surface area (Å²) in [7, 11) is 0. The number of hydrogen-bond donors (Lipinski definition) is 1.